The smallest absolute Gasteiger partial charge is 0.318 e. The molecule has 2 aromatic rings. The van der Waals surface area contributed by atoms with Gasteiger partial charge in [-0.2, -0.15) is 5.10 Å². The van der Waals surface area contributed by atoms with E-state index in [4.69, 9.17) is 4.74 Å². The van der Waals surface area contributed by atoms with Gasteiger partial charge >= 0.3 is 5.97 Å². The molecule has 2 rings (SSSR count). The lowest BCUT2D eigenvalue weighted by Gasteiger charge is -2.18. The number of aromatic nitrogens is 2. The SMILES string of the molecule is COC(=O)C(C(=O)Nc1ccc2cn[nH]c2c1Br)C(C)C. The minimum Gasteiger partial charge on any atom is -0.468 e. The first-order chi connectivity index (χ1) is 9.95. The molecule has 0 aliphatic rings. The fourth-order valence-electron chi connectivity index (χ4n) is 2.09. The van der Waals surface area contributed by atoms with E-state index >= 15 is 0 Å². The molecule has 1 unspecified atom stereocenters. The van der Waals surface area contributed by atoms with Crippen LogP contribution in [0.2, 0.25) is 0 Å². The van der Waals surface area contributed by atoms with Crippen molar-refractivity contribution in [3.05, 3.63) is 22.8 Å². The molecule has 21 heavy (non-hydrogen) atoms. The number of rotatable bonds is 4. The predicted molar refractivity (Wildman–Crippen MR) is 82.8 cm³/mol. The molecule has 112 valence electrons. The zero-order chi connectivity index (χ0) is 15.6. The van der Waals surface area contributed by atoms with Crippen LogP contribution >= 0.6 is 15.9 Å². The second-order valence-corrected chi connectivity index (χ2v) is 5.79. The van der Waals surface area contributed by atoms with Crippen LogP contribution in [0.3, 0.4) is 0 Å². The fourth-order valence-corrected chi connectivity index (χ4v) is 2.64. The minimum atomic E-state index is -0.848. The van der Waals surface area contributed by atoms with Crippen molar-refractivity contribution in [3.8, 4) is 0 Å². The van der Waals surface area contributed by atoms with Crippen LogP contribution in [0.1, 0.15) is 13.8 Å². The van der Waals surface area contributed by atoms with Crippen LogP contribution in [-0.4, -0.2) is 29.2 Å². The second kappa shape index (κ2) is 6.26. The number of halogens is 1. The third-order valence-electron chi connectivity index (χ3n) is 3.22. The summed E-state index contributed by atoms with van der Waals surface area (Å²) in [6.07, 6.45) is 1.69. The summed E-state index contributed by atoms with van der Waals surface area (Å²) < 4.78 is 5.39. The zero-order valence-electron chi connectivity index (χ0n) is 11.9. The number of hydrogen-bond acceptors (Lipinski definition) is 4. The summed E-state index contributed by atoms with van der Waals surface area (Å²) in [5.74, 6) is -1.94. The Kier molecular flexibility index (Phi) is 4.62. The van der Waals surface area contributed by atoms with Gasteiger partial charge in [0.1, 0.15) is 5.92 Å². The van der Waals surface area contributed by atoms with Gasteiger partial charge in [-0.15, -0.1) is 0 Å². The van der Waals surface area contributed by atoms with Crippen LogP contribution in [0.5, 0.6) is 0 Å². The second-order valence-electron chi connectivity index (χ2n) is 5.00. The largest absolute Gasteiger partial charge is 0.468 e. The van der Waals surface area contributed by atoms with Gasteiger partial charge in [0, 0.05) is 5.39 Å². The van der Waals surface area contributed by atoms with Gasteiger partial charge in [0.15, 0.2) is 0 Å². The minimum absolute atomic E-state index is 0.160. The van der Waals surface area contributed by atoms with Gasteiger partial charge in [-0.05, 0) is 34.0 Å². The highest BCUT2D eigenvalue weighted by Gasteiger charge is 2.31. The molecule has 1 atom stereocenters. The van der Waals surface area contributed by atoms with Crippen LogP contribution in [0.4, 0.5) is 5.69 Å². The maximum absolute atomic E-state index is 12.3. The number of benzene rings is 1. The van der Waals surface area contributed by atoms with E-state index in [0.29, 0.717) is 10.2 Å². The Bertz CT molecular complexity index is 681. The zero-order valence-corrected chi connectivity index (χ0v) is 13.5. The van der Waals surface area contributed by atoms with E-state index in [1.54, 1.807) is 26.1 Å². The summed E-state index contributed by atoms with van der Waals surface area (Å²) in [5.41, 5.74) is 1.36. The first kappa shape index (κ1) is 15.5. The first-order valence-electron chi connectivity index (χ1n) is 6.46. The van der Waals surface area contributed by atoms with E-state index in [-0.39, 0.29) is 5.92 Å². The maximum Gasteiger partial charge on any atom is 0.318 e. The average Bonchev–Trinajstić information content (AvgIpc) is 2.90. The number of aromatic amines is 1. The molecule has 0 saturated heterocycles. The molecule has 2 N–H and O–H groups in total. The molecule has 1 aromatic carbocycles. The van der Waals surface area contributed by atoms with E-state index in [1.165, 1.54) is 7.11 Å². The molecule has 0 aliphatic carbocycles. The monoisotopic (exact) mass is 353 g/mol. The molecule has 0 saturated carbocycles. The Morgan fingerprint density at radius 3 is 2.71 bits per heavy atom. The molecular weight excluding hydrogens is 338 g/mol. The Morgan fingerprint density at radius 1 is 1.38 bits per heavy atom. The van der Waals surface area contributed by atoms with E-state index in [1.807, 2.05) is 6.07 Å². The number of carbonyl (C=O) groups is 2. The van der Waals surface area contributed by atoms with Gasteiger partial charge in [0.2, 0.25) is 5.91 Å². The van der Waals surface area contributed by atoms with Gasteiger partial charge in [-0.1, -0.05) is 13.8 Å². The van der Waals surface area contributed by atoms with Crippen LogP contribution in [0, 0.1) is 11.8 Å². The molecule has 7 heteroatoms. The summed E-state index contributed by atoms with van der Waals surface area (Å²) in [6, 6.07) is 3.59. The molecule has 0 radical (unpaired) electrons. The number of nitrogens with one attached hydrogen (secondary N) is 2. The Labute approximate surface area is 130 Å². The number of anilines is 1. The van der Waals surface area contributed by atoms with E-state index in [2.05, 4.69) is 31.4 Å². The van der Waals surface area contributed by atoms with Crippen molar-refractivity contribution in [2.24, 2.45) is 11.8 Å². The third-order valence-corrected chi connectivity index (χ3v) is 4.04. The first-order valence-corrected chi connectivity index (χ1v) is 7.25. The fraction of sp³-hybridized carbons (Fsp3) is 0.357. The number of nitrogens with zero attached hydrogens (tertiary/aromatic N) is 1. The Balaban J connectivity index is 2.28. The number of esters is 1. The lowest BCUT2D eigenvalue weighted by molar-refractivity contribution is -0.150. The van der Waals surface area contributed by atoms with Gasteiger partial charge in [-0.3, -0.25) is 14.7 Å². The molecule has 6 nitrogen and oxygen atoms in total. The summed E-state index contributed by atoms with van der Waals surface area (Å²) in [5, 5.41) is 10.5. The number of H-pyrrole nitrogens is 1. The normalized spacial score (nSPS) is 12.4. The third kappa shape index (κ3) is 3.07. The van der Waals surface area contributed by atoms with E-state index < -0.39 is 17.8 Å². The van der Waals surface area contributed by atoms with Crippen molar-refractivity contribution >= 4 is 44.4 Å². The lowest BCUT2D eigenvalue weighted by Crippen LogP contribution is -2.34. The highest BCUT2D eigenvalue weighted by atomic mass is 79.9. The molecule has 0 fully saturated rings. The number of fused-ring (bicyclic) bond motifs is 1. The van der Waals surface area contributed by atoms with E-state index in [0.717, 1.165) is 10.9 Å². The number of ether oxygens (including phenoxy) is 1. The summed E-state index contributed by atoms with van der Waals surface area (Å²) >= 11 is 3.43. The molecular formula is C14H16BrN3O3. The molecule has 0 aliphatic heterocycles. The summed E-state index contributed by atoms with van der Waals surface area (Å²) in [6.45, 7) is 3.60. The van der Waals surface area contributed by atoms with Crippen LogP contribution in [-0.2, 0) is 14.3 Å². The quantitative estimate of drug-likeness (QED) is 0.653. The number of methoxy groups -OCH3 is 1. The number of amides is 1. The van der Waals surface area contributed by atoms with Crippen molar-refractivity contribution in [1.82, 2.24) is 10.2 Å². The van der Waals surface area contributed by atoms with Gasteiger partial charge in [0.25, 0.3) is 0 Å². The molecule has 0 bridgehead atoms. The van der Waals surface area contributed by atoms with Crippen molar-refractivity contribution < 1.29 is 14.3 Å². The highest BCUT2D eigenvalue weighted by molar-refractivity contribution is 9.10. The van der Waals surface area contributed by atoms with Crippen LogP contribution in [0.25, 0.3) is 10.9 Å². The number of carbonyl (C=O) groups excluding carboxylic acids is 2. The van der Waals surface area contributed by atoms with Gasteiger partial charge in [0.05, 0.1) is 29.0 Å². The maximum atomic E-state index is 12.3. The predicted octanol–water partition coefficient (Wildman–Crippen LogP) is 2.71. The molecule has 0 spiro atoms. The lowest BCUT2D eigenvalue weighted by atomic mass is 9.95. The van der Waals surface area contributed by atoms with Crippen LogP contribution in [0.15, 0.2) is 22.8 Å². The molecule has 1 heterocycles. The summed E-state index contributed by atoms with van der Waals surface area (Å²) in [7, 11) is 1.28. The molecule has 1 amide bonds. The molecule has 1 aromatic heterocycles. The highest BCUT2D eigenvalue weighted by Crippen LogP contribution is 2.30. The van der Waals surface area contributed by atoms with Crippen molar-refractivity contribution in [2.45, 2.75) is 13.8 Å². The Hall–Kier alpha value is -1.89. The Morgan fingerprint density at radius 2 is 2.10 bits per heavy atom. The standard InChI is InChI=1S/C14H16BrN3O3/c1-7(2)10(14(20)21-3)13(19)17-9-5-4-8-6-16-18-12(8)11(9)15/h4-7,10H,1-3H3,(H,16,18)(H,17,19). The number of hydrogen-bond donors (Lipinski definition) is 2. The van der Waals surface area contributed by atoms with E-state index in [9.17, 15) is 9.59 Å². The van der Waals surface area contributed by atoms with Gasteiger partial charge in [-0.25, -0.2) is 0 Å². The summed E-state index contributed by atoms with van der Waals surface area (Å²) in [4.78, 5) is 24.1. The topological polar surface area (TPSA) is 84.1 Å². The van der Waals surface area contributed by atoms with Crippen molar-refractivity contribution in [2.75, 3.05) is 12.4 Å². The van der Waals surface area contributed by atoms with Crippen molar-refractivity contribution in [3.63, 3.8) is 0 Å². The van der Waals surface area contributed by atoms with Crippen molar-refractivity contribution in [1.29, 1.82) is 0 Å². The average molecular weight is 354 g/mol. The van der Waals surface area contributed by atoms with Gasteiger partial charge < -0.3 is 10.1 Å². The van der Waals surface area contributed by atoms with Crippen LogP contribution < -0.4 is 5.32 Å².